The molecule has 0 fully saturated rings. The lowest BCUT2D eigenvalue weighted by Crippen LogP contribution is -2.01. The minimum atomic E-state index is -0.418. The first-order valence-corrected chi connectivity index (χ1v) is 6.83. The first kappa shape index (κ1) is 13.0. The fraction of sp³-hybridized carbons (Fsp3) is 0.0833. The summed E-state index contributed by atoms with van der Waals surface area (Å²) in [6.45, 7) is 0.485. The summed E-state index contributed by atoms with van der Waals surface area (Å²) >= 11 is 7.13. The number of nitrogens with one attached hydrogen (secondary N) is 1. The second kappa shape index (κ2) is 5.56. The number of hydrogen-bond acceptors (Lipinski definition) is 6. The van der Waals surface area contributed by atoms with Crippen LogP contribution in [-0.2, 0) is 6.54 Å². The minimum Gasteiger partial charge on any atom is -0.379 e. The van der Waals surface area contributed by atoms with Gasteiger partial charge in [0.05, 0.1) is 12.1 Å². The van der Waals surface area contributed by atoms with E-state index in [0.29, 0.717) is 16.7 Å². The third-order valence-corrected chi connectivity index (χ3v) is 3.69. The Balaban J connectivity index is 1.88. The summed E-state index contributed by atoms with van der Waals surface area (Å²) in [7, 11) is 0. The lowest BCUT2D eigenvalue weighted by molar-refractivity contribution is 0.418. The van der Waals surface area contributed by atoms with Crippen LogP contribution in [0, 0.1) is 5.82 Å². The lowest BCUT2D eigenvalue weighted by Gasteiger charge is -2.09. The second-order valence-corrected chi connectivity index (χ2v) is 5.55. The van der Waals surface area contributed by atoms with Crippen LogP contribution < -0.4 is 5.32 Å². The normalized spacial score (nSPS) is 10.7. The van der Waals surface area contributed by atoms with E-state index in [1.165, 1.54) is 17.4 Å². The van der Waals surface area contributed by atoms with E-state index in [9.17, 15) is 4.39 Å². The van der Waals surface area contributed by atoms with E-state index in [-0.39, 0.29) is 11.4 Å². The van der Waals surface area contributed by atoms with Crippen LogP contribution in [0.1, 0.15) is 4.88 Å². The Morgan fingerprint density at radius 2 is 2.25 bits per heavy atom. The molecule has 0 spiro atoms. The van der Waals surface area contributed by atoms with Crippen molar-refractivity contribution in [3.8, 4) is 11.4 Å². The number of benzene rings is 1. The number of hydrogen-bond donors (Lipinski definition) is 1. The van der Waals surface area contributed by atoms with E-state index in [1.54, 1.807) is 18.3 Å². The summed E-state index contributed by atoms with van der Waals surface area (Å²) in [5, 5.41) is 6.79. The maximum atomic E-state index is 14.0. The molecule has 0 unspecified atom stereocenters. The van der Waals surface area contributed by atoms with Crippen molar-refractivity contribution in [1.82, 2.24) is 15.1 Å². The predicted octanol–water partition coefficient (Wildman–Crippen LogP) is 3.60. The van der Waals surface area contributed by atoms with Crippen LogP contribution in [-0.4, -0.2) is 15.1 Å². The number of anilines is 1. The first-order valence-electron chi connectivity index (χ1n) is 5.63. The number of aromatic nitrogens is 3. The van der Waals surface area contributed by atoms with Crippen molar-refractivity contribution in [1.29, 1.82) is 0 Å². The molecule has 0 aliphatic rings. The zero-order valence-electron chi connectivity index (χ0n) is 10.0. The van der Waals surface area contributed by atoms with E-state index in [4.69, 9.17) is 11.6 Å². The molecule has 2 aromatic heterocycles. The molecule has 0 radical (unpaired) electrons. The molecule has 3 rings (SSSR count). The number of rotatable bonds is 4. The molecule has 20 heavy (non-hydrogen) atoms. The van der Waals surface area contributed by atoms with Crippen molar-refractivity contribution in [3.05, 3.63) is 46.0 Å². The third-order valence-electron chi connectivity index (χ3n) is 2.58. The standard InChI is InChI=1S/C12H8ClFN4OS/c13-12-16-5-7(20-12)4-15-9-3-1-2-8(14)10(9)11-17-6-19-18-11/h1-3,5-6,15H,4H2. The Labute approximate surface area is 122 Å². The van der Waals surface area contributed by atoms with E-state index < -0.39 is 5.82 Å². The Hall–Kier alpha value is -1.99. The number of thiazole rings is 1. The summed E-state index contributed by atoms with van der Waals surface area (Å²) < 4.78 is 19.1. The van der Waals surface area contributed by atoms with E-state index >= 15 is 0 Å². The van der Waals surface area contributed by atoms with Crippen molar-refractivity contribution in [2.24, 2.45) is 0 Å². The highest BCUT2D eigenvalue weighted by molar-refractivity contribution is 7.15. The summed E-state index contributed by atoms with van der Waals surface area (Å²) in [4.78, 5) is 8.77. The van der Waals surface area contributed by atoms with Gasteiger partial charge in [-0.2, -0.15) is 4.98 Å². The highest BCUT2D eigenvalue weighted by Gasteiger charge is 2.15. The van der Waals surface area contributed by atoms with Crippen LogP contribution in [0.5, 0.6) is 0 Å². The molecular formula is C12H8ClFN4OS. The van der Waals surface area contributed by atoms with Gasteiger partial charge in [0.1, 0.15) is 5.82 Å². The Bertz CT molecular complexity index is 716. The molecule has 3 aromatic rings. The molecule has 1 N–H and O–H groups in total. The minimum absolute atomic E-state index is 0.202. The largest absolute Gasteiger partial charge is 0.379 e. The molecule has 1 aromatic carbocycles. The van der Waals surface area contributed by atoms with Crippen LogP contribution in [0.4, 0.5) is 10.1 Å². The summed E-state index contributed by atoms with van der Waals surface area (Å²) in [6, 6.07) is 4.71. The summed E-state index contributed by atoms with van der Waals surface area (Å²) in [5.41, 5.74) is 0.854. The number of halogens is 2. The van der Waals surface area contributed by atoms with Gasteiger partial charge in [-0.15, -0.1) is 11.3 Å². The van der Waals surface area contributed by atoms with Gasteiger partial charge in [-0.05, 0) is 12.1 Å². The summed E-state index contributed by atoms with van der Waals surface area (Å²) in [5.74, 6) is -0.216. The molecule has 102 valence electrons. The quantitative estimate of drug-likeness (QED) is 0.797. The van der Waals surface area contributed by atoms with Gasteiger partial charge in [0.25, 0.3) is 0 Å². The van der Waals surface area contributed by atoms with Crippen molar-refractivity contribution in [3.63, 3.8) is 0 Å². The molecule has 2 heterocycles. The van der Waals surface area contributed by atoms with Crippen LogP contribution in [0.15, 0.2) is 35.3 Å². The van der Waals surface area contributed by atoms with Crippen molar-refractivity contribution in [2.45, 2.75) is 6.54 Å². The zero-order valence-corrected chi connectivity index (χ0v) is 11.6. The van der Waals surface area contributed by atoms with Crippen LogP contribution >= 0.6 is 22.9 Å². The fourth-order valence-electron chi connectivity index (χ4n) is 1.73. The Kier molecular flexibility index (Phi) is 3.62. The van der Waals surface area contributed by atoms with E-state index in [0.717, 1.165) is 11.3 Å². The van der Waals surface area contributed by atoms with Crippen LogP contribution in [0.3, 0.4) is 0 Å². The first-order chi connectivity index (χ1) is 9.74. The molecule has 0 bridgehead atoms. The van der Waals surface area contributed by atoms with Gasteiger partial charge in [-0.25, -0.2) is 9.37 Å². The highest BCUT2D eigenvalue weighted by Crippen LogP contribution is 2.29. The highest BCUT2D eigenvalue weighted by atomic mass is 35.5. The molecule has 5 nitrogen and oxygen atoms in total. The average Bonchev–Trinajstić information content (AvgIpc) is 3.08. The molecule has 0 atom stereocenters. The average molecular weight is 311 g/mol. The van der Waals surface area contributed by atoms with Gasteiger partial charge in [0.2, 0.25) is 12.2 Å². The molecule has 0 saturated heterocycles. The maximum absolute atomic E-state index is 14.0. The topological polar surface area (TPSA) is 63.8 Å². The predicted molar refractivity (Wildman–Crippen MR) is 74.1 cm³/mol. The lowest BCUT2D eigenvalue weighted by atomic mass is 10.1. The Morgan fingerprint density at radius 1 is 1.35 bits per heavy atom. The molecular weight excluding hydrogens is 303 g/mol. The van der Waals surface area contributed by atoms with Gasteiger partial charge in [0, 0.05) is 16.8 Å². The van der Waals surface area contributed by atoms with Gasteiger partial charge in [-0.1, -0.05) is 22.8 Å². The maximum Gasteiger partial charge on any atom is 0.214 e. The van der Waals surface area contributed by atoms with E-state index in [2.05, 4.69) is 25.0 Å². The van der Waals surface area contributed by atoms with Crippen molar-refractivity contribution >= 4 is 28.6 Å². The van der Waals surface area contributed by atoms with Gasteiger partial charge in [-0.3, -0.25) is 0 Å². The number of nitrogens with zero attached hydrogens (tertiary/aromatic N) is 3. The fourth-order valence-corrected chi connectivity index (χ4v) is 2.64. The molecule has 0 saturated carbocycles. The summed E-state index contributed by atoms with van der Waals surface area (Å²) in [6.07, 6.45) is 2.84. The molecule has 0 amide bonds. The second-order valence-electron chi connectivity index (χ2n) is 3.85. The van der Waals surface area contributed by atoms with Gasteiger partial charge < -0.3 is 9.84 Å². The molecule has 8 heteroatoms. The smallest absolute Gasteiger partial charge is 0.214 e. The zero-order chi connectivity index (χ0) is 13.9. The third kappa shape index (κ3) is 2.63. The molecule has 0 aliphatic carbocycles. The van der Waals surface area contributed by atoms with E-state index in [1.807, 2.05) is 0 Å². The molecule has 0 aliphatic heterocycles. The monoisotopic (exact) mass is 310 g/mol. The van der Waals surface area contributed by atoms with Gasteiger partial charge >= 0.3 is 0 Å². The van der Waals surface area contributed by atoms with Crippen molar-refractivity contribution in [2.75, 3.05) is 5.32 Å². The SMILES string of the molecule is Fc1cccc(NCc2cnc(Cl)s2)c1-c1ncon1. The van der Waals surface area contributed by atoms with Crippen LogP contribution in [0.25, 0.3) is 11.4 Å². The Morgan fingerprint density at radius 3 is 2.95 bits per heavy atom. The van der Waals surface area contributed by atoms with Crippen LogP contribution in [0.2, 0.25) is 4.47 Å². The van der Waals surface area contributed by atoms with Gasteiger partial charge in [0.15, 0.2) is 4.47 Å². The van der Waals surface area contributed by atoms with Crippen molar-refractivity contribution < 1.29 is 8.91 Å².